The third-order valence-electron chi connectivity index (χ3n) is 3.40. The van der Waals surface area contributed by atoms with Gasteiger partial charge >= 0.3 is 0 Å². The van der Waals surface area contributed by atoms with E-state index in [-0.39, 0.29) is 6.04 Å². The maximum absolute atomic E-state index is 6.42. The summed E-state index contributed by atoms with van der Waals surface area (Å²) in [5.74, 6) is 0.857. The number of nitrogens with one attached hydrogen (secondary N) is 1. The van der Waals surface area contributed by atoms with Gasteiger partial charge in [0.2, 0.25) is 0 Å². The van der Waals surface area contributed by atoms with Gasteiger partial charge in [-0.1, -0.05) is 48.9 Å². The fraction of sp³-hybridized carbons (Fsp3) is 0.294. The minimum Gasteiger partial charge on any atom is -0.496 e. The van der Waals surface area contributed by atoms with Gasteiger partial charge in [-0.15, -0.1) is 0 Å². The minimum atomic E-state index is 0.249. The van der Waals surface area contributed by atoms with Crippen LogP contribution in [-0.4, -0.2) is 13.7 Å². The molecule has 0 fully saturated rings. The standard InChI is InChI=1S/C17H20ClNO/c1-4-19-12(2)14-10-9-13(11-16(14)18)15-7-5-6-8-17(15)20-3/h5-12,19H,4H2,1-3H3. The van der Waals surface area contributed by atoms with Crippen LogP contribution in [0.25, 0.3) is 11.1 Å². The van der Waals surface area contributed by atoms with Gasteiger partial charge in [0.1, 0.15) is 5.75 Å². The summed E-state index contributed by atoms with van der Waals surface area (Å²) in [6.45, 7) is 5.13. The molecule has 0 aliphatic carbocycles. The van der Waals surface area contributed by atoms with Crippen LogP contribution >= 0.6 is 11.6 Å². The fourth-order valence-electron chi connectivity index (χ4n) is 2.35. The van der Waals surface area contributed by atoms with Crippen molar-refractivity contribution in [3.63, 3.8) is 0 Å². The highest BCUT2D eigenvalue weighted by Gasteiger charge is 2.11. The summed E-state index contributed by atoms with van der Waals surface area (Å²) in [5.41, 5.74) is 3.24. The quantitative estimate of drug-likeness (QED) is 0.862. The van der Waals surface area contributed by atoms with E-state index >= 15 is 0 Å². The number of benzene rings is 2. The number of ether oxygens (including phenoxy) is 1. The molecule has 0 saturated carbocycles. The third-order valence-corrected chi connectivity index (χ3v) is 3.72. The Bertz CT molecular complexity index is 583. The second kappa shape index (κ2) is 6.78. The Kier molecular flexibility index (Phi) is 5.05. The van der Waals surface area contributed by atoms with Crippen molar-refractivity contribution in [1.29, 1.82) is 0 Å². The molecule has 2 rings (SSSR count). The Labute approximate surface area is 125 Å². The number of methoxy groups -OCH3 is 1. The smallest absolute Gasteiger partial charge is 0.126 e. The molecule has 1 N–H and O–H groups in total. The maximum atomic E-state index is 6.42. The predicted octanol–water partition coefficient (Wildman–Crippen LogP) is 4.69. The lowest BCUT2D eigenvalue weighted by Crippen LogP contribution is -2.17. The Morgan fingerprint density at radius 1 is 1.20 bits per heavy atom. The van der Waals surface area contributed by atoms with Crippen molar-refractivity contribution >= 4 is 11.6 Å². The van der Waals surface area contributed by atoms with Gasteiger partial charge in [0.25, 0.3) is 0 Å². The summed E-state index contributed by atoms with van der Waals surface area (Å²) in [6, 6.07) is 14.4. The molecule has 0 saturated heterocycles. The molecular weight excluding hydrogens is 270 g/mol. The molecule has 1 unspecified atom stereocenters. The molecule has 3 heteroatoms. The molecule has 2 aromatic carbocycles. The molecule has 2 nitrogen and oxygen atoms in total. The number of para-hydroxylation sites is 1. The third kappa shape index (κ3) is 3.14. The van der Waals surface area contributed by atoms with Crippen LogP contribution in [-0.2, 0) is 0 Å². The average Bonchev–Trinajstić information content (AvgIpc) is 2.47. The molecule has 0 aromatic heterocycles. The highest BCUT2D eigenvalue weighted by molar-refractivity contribution is 6.31. The van der Waals surface area contributed by atoms with Crippen LogP contribution < -0.4 is 10.1 Å². The molecule has 0 aliphatic rings. The van der Waals surface area contributed by atoms with Crippen LogP contribution in [0.4, 0.5) is 0 Å². The van der Waals surface area contributed by atoms with Gasteiger partial charge < -0.3 is 10.1 Å². The van der Waals surface area contributed by atoms with Gasteiger partial charge in [-0.2, -0.15) is 0 Å². The number of halogens is 1. The van der Waals surface area contributed by atoms with E-state index in [1.54, 1.807) is 7.11 Å². The van der Waals surface area contributed by atoms with Crippen LogP contribution in [0.15, 0.2) is 42.5 Å². The lowest BCUT2D eigenvalue weighted by atomic mass is 10.0. The van der Waals surface area contributed by atoms with Gasteiger partial charge in [0.15, 0.2) is 0 Å². The molecule has 0 aliphatic heterocycles. The lowest BCUT2D eigenvalue weighted by molar-refractivity contribution is 0.416. The Balaban J connectivity index is 2.38. The topological polar surface area (TPSA) is 21.3 Å². The van der Waals surface area contributed by atoms with Gasteiger partial charge in [-0.05, 0) is 36.7 Å². The molecule has 0 heterocycles. The molecule has 0 bridgehead atoms. The normalized spacial score (nSPS) is 12.2. The summed E-state index contributed by atoms with van der Waals surface area (Å²) in [6.07, 6.45) is 0. The largest absolute Gasteiger partial charge is 0.496 e. The summed E-state index contributed by atoms with van der Waals surface area (Å²) >= 11 is 6.42. The Morgan fingerprint density at radius 3 is 2.60 bits per heavy atom. The van der Waals surface area contributed by atoms with Gasteiger partial charge in [-0.3, -0.25) is 0 Å². The summed E-state index contributed by atoms with van der Waals surface area (Å²) < 4.78 is 5.40. The van der Waals surface area contributed by atoms with E-state index in [1.165, 1.54) is 0 Å². The van der Waals surface area contributed by atoms with Gasteiger partial charge in [-0.25, -0.2) is 0 Å². The SMILES string of the molecule is CCNC(C)c1ccc(-c2ccccc2OC)cc1Cl. The van der Waals surface area contributed by atoms with Crippen LogP contribution in [0.3, 0.4) is 0 Å². The maximum Gasteiger partial charge on any atom is 0.126 e. The van der Waals surface area contributed by atoms with E-state index in [0.717, 1.165) is 34.0 Å². The van der Waals surface area contributed by atoms with E-state index < -0.39 is 0 Å². The lowest BCUT2D eigenvalue weighted by Gasteiger charge is -2.16. The Morgan fingerprint density at radius 2 is 1.95 bits per heavy atom. The molecule has 0 spiro atoms. The van der Waals surface area contributed by atoms with E-state index in [0.29, 0.717) is 0 Å². The molecule has 0 amide bonds. The first-order valence-corrected chi connectivity index (χ1v) is 7.21. The first kappa shape index (κ1) is 14.9. The highest BCUT2D eigenvalue weighted by Crippen LogP contribution is 2.33. The second-order valence-corrected chi connectivity index (χ2v) is 5.12. The first-order chi connectivity index (χ1) is 9.67. The van der Waals surface area contributed by atoms with Crippen molar-refractivity contribution in [2.45, 2.75) is 19.9 Å². The van der Waals surface area contributed by atoms with Crippen molar-refractivity contribution in [2.24, 2.45) is 0 Å². The van der Waals surface area contributed by atoms with Crippen molar-refractivity contribution in [3.8, 4) is 16.9 Å². The molecule has 0 radical (unpaired) electrons. The molecule has 106 valence electrons. The van der Waals surface area contributed by atoms with E-state index in [9.17, 15) is 0 Å². The van der Waals surface area contributed by atoms with E-state index in [2.05, 4.69) is 31.3 Å². The van der Waals surface area contributed by atoms with Gasteiger partial charge in [0.05, 0.1) is 7.11 Å². The number of hydrogen-bond acceptors (Lipinski definition) is 2. The first-order valence-electron chi connectivity index (χ1n) is 6.83. The van der Waals surface area contributed by atoms with Gasteiger partial charge in [0, 0.05) is 16.6 Å². The minimum absolute atomic E-state index is 0.249. The van der Waals surface area contributed by atoms with Crippen LogP contribution in [0, 0.1) is 0 Å². The monoisotopic (exact) mass is 289 g/mol. The Hall–Kier alpha value is -1.51. The molecular formula is C17H20ClNO. The zero-order valence-corrected chi connectivity index (χ0v) is 12.9. The summed E-state index contributed by atoms with van der Waals surface area (Å²) in [4.78, 5) is 0. The van der Waals surface area contributed by atoms with Crippen molar-refractivity contribution < 1.29 is 4.74 Å². The van der Waals surface area contributed by atoms with Crippen LogP contribution in [0.1, 0.15) is 25.5 Å². The van der Waals surface area contributed by atoms with Crippen LogP contribution in [0.5, 0.6) is 5.75 Å². The fourth-order valence-corrected chi connectivity index (χ4v) is 2.69. The molecule has 2 aromatic rings. The number of rotatable bonds is 5. The van der Waals surface area contributed by atoms with Crippen molar-refractivity contribution in [3.05, 3.63) is 53.1 Å². The zero-order valence-electron chi connectivity index (χ0n) is 12.1. The van der Waals surface area contributed by atoms with Crippen molar-refractivity contribution in [2.75, 3.05) is 13.7 Å². The second-order valence-electron chi connectivity index (χ2n) is 4.72. The molecule has 1 atom stereocenters. The predicted molar refractivity (Wildman–Crippen MR) is 85.5 cm³/mol. The zero-order chi connectivity index (χ0) is 14.5. The average molecular weight is 290 g/mol. The highest BCUT2D eigenvalue weighted by atomic mass is 35.5. The van der Waals surface area contributed by atoms with Crippen LogP contribution in [0.2, 0.25) is 5.02 Å². The summed E-state index contributed by atoms with van der Waals surface area (Å²) in [5, 5.41) is 4.15. The molecule has 20 heavy (non-hydrogen) atoms. The number of hydrogen-bond donors (Lipinski definition) is 1. The van der Waals surface area contributed by atoms with E-state index in [1.807, 2.05) is 30.3 Å². The summed E-state index contributed by atoms with van der Waals surface area (Å²) in [7, 11) is 1.68. The van der Waals surface area contributed by atoms with Crippen molar-refractivity contribution in [1.82, 2.24) is 5.32 Å². The van der Waals surface area contributed by atoms with E-state index in [4.69, 9.17) is 16.3 Å².